The lowest BCUT2D eigenvalue weighted by molar-refractivity contribution is 0.0194. The van der Waals surface area contributed by atoms with E-state index in [9.17, 15) is 4.79 Å². The third kappa shape index (κ3) is 3.88. The van der Waals surface area contributed by atoms with Crippen molar-refractivity contribution in [2.45, 2.75) is 65.0 Å². The zero-order valence-electron chi connectivity index (χ0n) is 14.0. The summed E-state index contributed by atoms with van der Waals surface area (Å²) in [6.45, 7) is 11.2. The largest absolute Gasteiger partial charge is 0.444 e. The molecule has 1 fully saturated rings. The van der Waals surface area contributed by atoms with Crippen LogP contribution >= 0.6 is 12.2 Å². The van der Waals surface area contributed by atoms with E-state index >= 15 is 0 Å². The van der Waals surface area contributed by atoms with E-state index in [1.165, 1.54) is 0 Å². The first-order chi connectivity index (χ1) is 10.2. The molecule has 1 N–H and O–H groups in total. The van der Waals surface area contributed by atoms with Crippen LogP contribution in [0.5, 0.6) is 0 Å². The van der Waals surface area contributed by atoms with Gasteiger partial charge in [0.05, 0.1) is 0 Å². The monoisotopic (exact) mass is 326 g/mol. The molecule has 1 atom stereocenters. The van der Waals surface area contributed by atoms with Gasteiger partial charge >= 0.3 is 6.09 Å². The fourth-order valence-electron chi connectivity index (χ4n) is 2.78. The Kier molecular flexibility index (Phi) is 4.94. The Morgan fingerprint density at radius 2 is 2.14 bits per heavy atom. The van der Waals surface area contributed by atoms with Crippen LogP contribution in [0.2, 0.25) is 0 Å². The van der Waals surface area contributed by atoms with E-state index in [0.717, 1.165) is 25.2 Å². The second kappa shape index (κ2) is 6.40. The number of H-pyrrole nitrogens is 1. The molecule has 1 amide bonds. The molecule has 1 saturated heterocycles. The third-order valence-electron chi connectivity index (χ3n) is 3.69. The number of carbonyl (C=O) groups excluding carboxylic acids is 1. The lowest BCUT2D eigenvalue weighted by Crippen LogP contribution is -2.42. The van der Waals surface area contributed by atoms with Crippen molar-refractivity contribution < 1.29 is 9.53 Å². The van der Waals surface area contributed by atoms with Crippen molar-refractivity contribution in [3.8, 4) is 0 Å². The number of ether oxygens (including phenoxy) is 1. The molecule has 0 aliphatic carbocycles. The van der Waals surface area contributed by atoms with Gasteiger partial charge < -0.3 is 14.2 Å². The third-order valence-corrected chi connectivity index (χ3v) is 3.97. The number of aromatic nitrogens is 3. The lowest BCUT2D eigenvalue weighted by atomic mass is 9.97. The SMILES string of the molecule is CC(C)n1c(C2CCCN(C(=O)OC(C)(C)C)C2)n[nH]c1=S. The molecule has 2 rings (SSSR count). The van der Waals surface area contributed by atoms with Gasteiger partial charge in [0.2, 0.25) is 0 Å². The molecule has 22 heavy (non-hydrogen) atoms. The van der Waals surface area contributed by atoms with Crippen molar-refractivity contribution in [3.05, 3.63) is 10.6 Å². The fourth-order valence-corrected chi connectivity index (χ4v) is 3.13. The van der Waals surface area contributed by atoms with Gasteiger partial charge in [-0.25, -0.2) is 4.79 Å². The fraction of sp³-hybridized carbons (Fsp3) is 0.800. The summed E-state index contributed by atoms with van der Waals surface area (Å²) < 4.78 is 8.15. The van der Waals surface area contributed by atoms with Crippen molar-refractivity contribution in [2.75, 3.05) is 13.1 Å². The first-order valence-electron chi connectivity index (χ1n) is 7.84. The number of hydrogen-bond donors (Lipinski definition) is 1. The Bertz CT molecular complexity index is 585. The standard InChI is InChI=1S/C15H26N4O2S/c1-10(2)19-12(16-17-13(19)22)11-7-6-8-18(9-11)14(20)21-15(3,4)5/h10-11H,6-9H2,1-5H3,(H,17,22). The molecular formula is C15H26N4O2S. The molecule has 7 heteroatoms. The number of rotatable bonds is 2. The first kappa shape index (κ1) is 17.0. The van der Waals surface area contributed by atoms with Crippen LogP contribution in [-0.4, -0.2) is 44.4 Å². The Hall–Kier alpha value is -1.37. The number of nitrogens with zero attached hydrogens (tertiary/aromatic N) is 3. The molecule has 0 aromatic carbocycles. The van der Waals surface area contributed by atoms with Gasteiger partial charge in [0.25, 0.3) is 0 Å². The van der Waals surface area contributed by atoms with Gasteiger partial charge in [-0.05, 0) is 59.7 Å². The Labute approximate surface area is 136 Å². The van der Waals surface area contributed by atoms with Crippen LogP contribution in [0.15, 0.2) is 0 Å². The molecule has 0 spiro atoms. The van der Waals surface area contributed by atoms with Crippen molar-refractivity contribution >= 4 is 18.3 Å². The number of piperidine rings is 1. The van der Waals surface area contributed by atoms with E-state index in [-0.39, 0.29) is 18.1 Å². The maximum atomic E-state index is 12.3. The van der Waals surface area contributed by atoms with Crippen molar-refractivity contribution in [3.63, 3.8) is 0 Å². The molecule has 124 valence electrons. The number of aromatic amines is 1. The second-order valence-electron chi connectivity index (χ2n) is 7.12. The summed E-state index contributed by atoms with van der Waals surface area (Å²) in [4.78, 5) is 14.0. The van der Waals surface area contributed by atoms with Gasteiger partial charge in [-0.3, -0.25) is 5.10 Å². The molecule has 2 heterocycles. The van der Waals surface area contributed by atoms with Crippen LogP contribution in [0.3, 0.4) is 0 Å². The molecule has 1 aliphatic rings. The summed E-state index contributed by atoms with van der Waals surface area (Å²) >= 11 is 5.31. The zero-order valence-corrected chi connectivity index (χ0v) is 14.9. The average molecular weight is 326 g/mol. The number of amides is 1. The van der Waals surface area contributed by atoms with Gasteiger partial charge in [0, 0.05) is 25.0 Å². The minimum Gasteiger partial charge on any atom is -0.444 e. The summed E-state index contributed by atoms with van der Waals surface area (Å²) in [5, 5.41) is 7.28. The molecule has 6 nitrogen and oxygen atoms in total. The summed E-state index contributed by atoms with van der Waals surface area (Å²) in [7, 11) is 0. The van der Waals surface area contributed by atoms with Gasteiger partial charge in [0.15, 0.2) is 4.77 Å². The van der Waals surface area contributed by atoms with E-state index in [4.69, 9.17) is 17.0 Å². The highest BCUT2D eigenvalue weighted by molar-refractivity contribution is 7.71. The van der Waals surface area contributed by atoms with Crippen LogP contribution in [0.25, 0.3) is 0 Å². The predicted molar refractivity (Wildman–Crippen MR) is 87.6 cm³/mol. The highest BCUT2D eigenvalue weighted by Gasteiger charge is 2.31. The van der Waals surface area contributed by atoms with E-state index in [1.807, 2.05) is 25.3 Å². The summed E-state index contributed by atoms with van der Waals surface area (Å²) in [6.07, 6.45) is 1.70. The number of nitrogens with one attached hydrogen (secondary N) is 1. The maximum absolute atomic E-state index is 12.3. The van der Waals surface area contributed by atoms with Gasteiger partial charge in [-0.15, -0.1) is 0 Å². The second-order valence-corrected chi connectivity index (χ2v) is 7.50. The topological polar surface area (TPSA) is 63.1 Å². The Morgan fingerprint density at radius 3 is 2.73 bits per heavy atom. The number of carbonyl (C=O) groups is 1. The molecule has 1 aliphatic heterocycles. The lowest BCUT2D eigenvalue weighted by Gasteiger charge is -2.34. The van der Waals surface area contributed by atoms with E-state index in [0.29, 0.717) is 11.3 Å². The van der Waals surface area contributed by atoms with E-state index in [1.54, 1.807) is 4.90 Å². The molecule has 0 saturated carbocycles. The predicted octanol–water partition coefficient (Wildman–Crippen LogP) is 3.64. The maximum Gasteiger partial charge on any atom is 0.410 e. The minimum atomic E-state index is -0.470. The highest BCUT2D eigenvalue weighted by Crippen LogP contribution is 2.28. The summed E-state index contributed by atoms with van der Waals surface area (Å²) in [6, 6.07) is 0.248. The van der Waals surface area contributed by atoms with Gasteiger partial charge in [-0.1, -0.05) is 0 Å². The molecule has 1 unspecified atom stereocenters. The molecule has 0 bridgehead atoms. The van der Waals surface area contributed by atoms with Crippen molar-refractivity contribution in [1.82, 2.24) is 19.7 Å². The average Bonchev–Trinajstić information content (AvgIpc) is 2.79. The smallest absolute Gasteiger partial charge is 0.410 e. The normalized spacial score (nSPS) is 19.5. The van der Waals surface area contributed by atoms with Crippen molar-refractivity contribution in [1.29, 1.82) is 0 Å². The first-order valence-corrected chi connectivity index (χ1v) is 8.24. The molecule has 1 aromatic rings. The van der Waals surface area contributed by atoms with Gasteiger partial charge in [0.1, 0.15) is 11.4 Å². The number of likely N-dealkylation sites (tertiary alicyclic amines) is 1. The quantitative estimate of drug-likeness (QED) is 0.843. The van der Waals surface area contributed by atoms with Gasteiger partial charge in [-0.2, -0.15) is 5.10 Å². The Balaban J connectivity index is 2.14. The van der Waals surface area contributed by atoms with Crippen LogP contribution in [-0.2, 0) is 4.74 Å². The number of hydrogen-bond acceptors (Lipinski definition) is 4. The minimum absolute atomic E-state index is 0.191. The highest BCUT2D eigenvalue weighted by atomic mass is 32.1. The molecular weight excluding hydrogens is 300 g/mol. The van der Waals surface area contributed by atoms with Crippen molar-refractivity contribution in [2.24, 2.45) is 0 Å². The zero-order chi connectivity index (χ0) is 16.5. The van der Waals surface area contributed by atoms with E-state index in [2.05, 4.69) is 24.0 Å². The van der Waals surface area contributed by atoms with Crippen LogP contribution < -0.4 is 0 Å². The van der Waals surface area contributed by atoms with E-state index < -0.39 is 5.60 Å². The van der Waals surface area contributed by atoms with Crippen LogP contribution in [0.1, 0.15) is 65.2 Å². The molecule has 1 aromatic heterocycles. The summed E-state index contributed by atoms with van der Waals surface area (Å²) in [5.74, 6) is 1.13. The van der Waals surface area contributed by atoms with Crippen LogP contribution in [0, 0.1) is 4.77 Å². The Morgan fingerprint density at radius 1 is 1.45 bits per heavy atom. The summed E-state index contributed by atoms with van der Waals surface area (Å²) in [5.41, 5.74) is -0.470. The van der Waals surface area contributed by atoms with Crippen LogP contribution in [0.4, 0.5) is 4.79 Å². The molecule has 0 radical (unpaired) electrons.